The number of thioether (sulfide) groups is 1. The molecule has 0 bridgehead atoms. The van der Waals surface area contributed by atoms with Gasteiger partial charge in [-0.15, -0.1) is 10.2 Å². The molecule has 0 aliphatic rings. The molecule has 0 aromatic carbocycles. The zero-order valence-electron chi connectivity index (χ0n) is 12.2. The summed E-state index contributed by atoms with van der Waals surface area (Å²) in [5.74, 6) is 1.05. The molecule has 0 saturated carbocycles. The Morgan fingerprint density at radius 1 is 1.29 bits per heavy atom. The van der Waals surface area contributed by atoms with E-state index in [1.165, 1.54) is 11.8 Å². The minimum absolute atomic E-state index is 0.0372. The van der Waals surface area contributed by atoms with Crippen LogP contribution in [0.25, 0.3) is 11.5 Å². The number of aromatic nitrogens is 3. The summed E-state index contributed by atoms with van der Waals surface area (Å²) in [6, 6.07) is 3.73. The van der Waals surface area contributed by atoms with Crippen LogP contribution in [0, 0.1) is 5.92 Å². The van der Waals surface area contributed by atoms with Gasteiger partial charge in [-0.3, -0.25) is 9.78 Å². The van der Waals surface area contributed by atoms with Crippen LogP contribution in [0.4, 0.5) is 0 Å². The quantitative estimate of drug-likeness (QED) is 0.825. The van der Waals surface area contributed by atoms with Crippen LogP contribution in [0.2, 0.25) is 0 Å². The summed E-state index contributed by atoms with van der Waals surface area (Å²) in [4.78, 5) is 15.7. The summed E-state index contributed by atoms with van der Waals surface area (Å²) >= 11 is 1.23. The van der Waals surface area contributed by atoms with Gasteiger partial charge in [0.1, 0.15) is 0 Å². The Bertz CT molecular complexity index is 586. The fourth-order valence-electron chi connectivity index (χ4n) is 1.47. The van der Waals surface area contributed by atoms with Gasteiger partial charge in [0.15, 0.2) is 0 Å². The number of hydrogen-bond donors (Lipinski definition) is 1. The van der Waals surface area contributed by atoms with Gasteiger partial charge in [0.25, 0.3) is 5.22 Å². The summed E-state index contributed by atoms with van der Waals surface area (Å²) in [5, 5.41) is 11.2. The van der Waals surface area contributed by atoms with Crippen LogP contribution in [-0.4, -0.2) is 32.9 Å². The molecule has 0 radical (unpaired) electrons. The number of nitrogens with zero attached hydrogens (tertiary/aromatic N) is 3. The average Bonchev–Trinajstić information content (AvgIpc) is 2.95. The van der Waals surface area contributed by atoms with Crippen LogP contribution < -0.4 is 5.32 Å². The fourth-order valence-corrected chi connectivity index (χ4v) is 2.04. The Morgan fingerprint density at radius 3 is 2.67 bits per heavy atom. The van der Waals surface area contributed by atoms with Crippen molar-refractivity contribution >= 4 is 17.7 Å². The van der Waals surface area contributed by atoms with Crippen LogP contribution >= 0.6 is 11.8 Å². The second-order valence-electron chi connectivity index (χ2n) is 5.00. The largest absolute Gasteiger partial charge is 0.411 e. The molecule has 0 aliphatic carbocycles. The van der Waals surface area contributed by atoms with Crippen molar-refractivity contribution in [3.63, 3.8) is 0 Å². The first-order valence-corrected chi connectivity index (χ1v) is 7.71. The minimum Gasteiger partial charge on any atom is -0.411 e. The molecule has 2 heterocycles. The molecule has 0 fully saturated rings. The molecule has 0 saturated heterocycles. The molecule has 112 valence electrons. The third kappa shape index (κ3) is 4.56. The van der Waals surface area contributed by atoms with Gasteiger partial charge in [-0.05, 0) is 25.0 Å². The van der Waals surface area contributed by atoms with Crippen LogP contribution in [-0.2, 0) is 4.79 Å². The Hall–Kier alpha value is -1.89. The Kier molecular flexibility index (Phi) is 5.32. The highest BCUT2D eigenvalue weighted by atomic mass is 32.2. The van der Waals surface area contributed by atoms with Crippen molar-refractivity contribution < 1.29 is 9.21 Å². The highest BCUT2D eigenvalue weighted by molar-refractivity contribution is 7.99. The fraction of sp³-hybridized carbons (Fsp3) is 0.429. The summed E-state index contributed by atoms with van der Waals surface area (Å²) in [6.45, 7) is 6.12. The molecule has 1 amide bonds. The van der Waals surface area contributed by atoms with Crippen molar-refractivity contribution in [3.05, 3.63) is 24.5 Å². The number of hydrogen-bond acceptors (Lipinski definition) is 6. The van der Waals surface area contributed by atoms with Gasteiger partial charge in [-0.2, -0.15) is 0 Å². The molecular weight excluding hydrogens is 288 g/mol. The molecule has 1 N–H and O–H groups in total. The van der Waals surface area contributed by atoms with Gasteiger partial charge in [-0.1, -0.05) is 25.6 Å². The van der Waals surface area contributed by atoms with Gasteiger partial charge in [-0.25, -0.2) is 0 Å². The zero-order chi connectivity index (χ0) is 15.2. The van der Waals surface area contributed by atoms with E-state index in [1.807, 2.05) is 6.92 Å². The first kappa shape index (κ1) is 15.5. The topological polar surface area (TPSA) is 80.9 Å². The number of amides is 1. The van der Waals surface area contributed by atoms with E-state index in [9.17, 15) is 4.79 Å². The Morgan fingerprint density at radius 2 is 2.00 bits per heavy atom. The molecular formula is C14H18N4O2S. The van der Waals surface area contributed by atoms with E-state index in [-0.39, 0.29) is 17.7 Å². The van der Waals surface area contributed by atoms with Gasteiger partial charge in [0, 0.05) is 24.0 Å². The number of pyridine rings is 1. The van der Waals surface area contributed by atoms with Gasteiger partial charge < -0.3 is 9.73 Å². The van der Waals surface area contributed by atoms with Crippen molar-refractivity contribution in [2.45, 2.75) is 32.0 Å². The van der Waals surface area contributed by atoms with Gasteiger partial charge in [0.2, 0.25) is 11.8 Å². The smallest absolute Gasteiger partial charge is 0.277 e. The highest BCUT2D eigenvalue weighted by Gasteiger charge is 2.13. The third-order valence-corrected chi connectivity index (χ3v) is 3.87. The first-order chi connectivity index (χ1) is 10.1. The monoisotopic (exact) mass is 306 g/mol. The van der Waals surface area contributed by atoms with Crippen molar-refractivity contribution in [3.8, 4) is 11.5 Å². The number of nitrogens with one attached hydrogen (secondary N) is 1. The molecule has 0 spiro atoms. The minimum atomic E-state index is -0.0372. The van der Waals surface area contributed by atoms with Gasteiger partial charge in [0.05, 0.1) is 5.75 Å². The molecule has 2 aromatic heterocycles. The third-order valence-electron chi connectivity index (χ3n) is 3.05. The molecule has 6 nitrogen and oxygen atoms in total. The number of carbonyl (C=O) groups is 1. The average molecular weight is 306 g/mol. The zero-order valence-corrected chi connectivity index (χ0v) is 13.1. The van der Waals surface area contributed by atoms with E-state index in [1.54, 1.807) is 24.5 Å². The van der Waals surface area contributed by atoms with E-state index in [2.05, 4.69) is 34.3 Å². The van der Waals surface area contributed by atoms with E-state index in [0.717, 1.165) is 5.56 Å². The Labute approximate surface area is 127 Å². The maximum absolute atomic E-state index is 11.8. The van der Waals surface area contributed by atoms with Crippen molar-refractivity contribution in [1.82, 2.24) is 20.5 Å². The predicted octanol–water partition coefficient (Wildman–Crippen LogP) is 2.38. The maximum Gasteiger partial charge on any atom is 0.277 e. The van der Waals surface area contributed by atoms with Crippen molar-refractivity contribution in [2.75, 3.05) is 5.75 Å². The number of carbonyl (C=O) groups excluding carboxylic acids is 1. The molecule has 1 unspecified atom stereocenters. The lowest BCUT2D eigenvalue weighted by atomic mass is 10.1. The first-order valence-electron chi connectivity index (χ1n) is 6.72. The summed E-state index contributed by atoms with van der Waals surface area (Å²) < 4.78 is 5.51. The van der Waals surface area contributed by atoms with Crippen molar-refractivity contribution in [1.29, 1.82) is 0 Å². The van der Waals surface area contributed by atoms with Crippen LogP contribution in [0.3, 0.4) is 0 Å². The second kappa shape index (κ2) is 7.21. The second-order valence-corrected chi connectivity index (χ2v) is 5.92. The van der Waals surface area contributed by atoms with Crippen LogP contribution in [0.5, 0.6) is 0 Å². The van der Waals surface area contributed by atoms with E-state index < -0.39 is 0 Å². The molecule has 7 heteroatoms. The lowest BCUT2D eigenvalue weighted by Gasteiger charge is -2.16. The Balaban J connectivity index is 1.87. The predicted molar refractivity (Wildman–Crippen MR) is 80.7 cm³/mol. The lowest BCUT2D eigenvalue weighted by Crippen LogP contribution is -2.37. The molecule has 21 heavy (non-hydrogen) atoms. The SMILES string of the molecule is CC(C)C(C)NC(=O)CSc1nnc(-c2ccncc2)o1. The molecule has 1 atom stereocenters. The highest BCUT2D eigenvalue weighted by Crippen LogP contribution is 2.22. The molecule has 2 rings (SSSR count). The van der Waals surface area contributed by atoms with Gasteiger partial charge >= 0.3 is 0 Å². The summed E-state index contributed by atoms with van der Waals surface area (Å²) in [7, 11) is 0. The van der Waals surface area contributed by atoms with E-state index >= 15 is 0 Å². The van der Waals surface area contributed by atoms with Crippen LogP contribution in [0.1, 0.15) is 20.8 Å². The van der Waals surface area contributed by atoms with Crippen LogP contribution in [0.15, 0.2) is 34.2 Å². The summed E-state index contributed by atoms with van der Waals surface area (Å²) in [6.07, 6.45) is 3.32. The maximum atomic E-state index is 11.8. The number of rotatable bonds is 6. The normalized spacial score (nSPS) is 12.4. The standard InChI is InChI=1S/C14H18N4O2S/c1-9(2)10(3)16-12(19)8-21-14-18-17-13(20-14)11-4-6-15-7-5-11/h4-7,9-10H,8H2,1-3H3,(H,16,19). The van der Waals surface area contributed by atoms with Crippen molar-refractivity contribution in [2.24, 2.45) is 5.92 Å². The molecule has 2 aromatic rings. The summed E-state index contributed by atoms with van der Waals surface area (Å²) in [5.41, 5.74) is 0.808. The van der Waals surface area contributed by atoms with E-state index in [0.29, 0.717) is 17.0 Å². The van der Waals surface area contributed by atoms with E-state index in [4.69, 9.17) is 4.42 Å². The molecule has 0 aliphatic heterocycles. The lowest BCUT2D eigenvalue weighted by molar-refractivity contribution is -0.119.